The van der Waals surface area contributed by atoms with E-state index >= 15 is 0 Å². The van der Waals surface area contributed by atoms with Crippen molar-refractivity contribution >= 4 is 32.7 Å². The molecule has 0 saturated carbocycles. The first-order valence-electron chi connectivity index (χ1n) is 8.25. The van der Waals surface area contributed by atoms with Gasteiger partial charge in [0.05, 0.1) is 0 Å². The molecule has 0 radical (unpaired) electrons. The summed E-state index contributed by atoms with van der Waals surface area (Å²) in [5.74, 6) is 0. The predicted molar refractivity (Wildman–Crippen MR) is 100 cm³/mol. The molecule has 0 amide bonds. The van der Waals surface area contributed by atoms with Crippen molar-refractivity contribution in [2.24, 2.45) is 0 Å². The van der Waals surface area contributed by atoms with E-state index in [4.69, 9.17) is 4.42 Å². The van der Waals surface area contributed by atoms with Gasteiger partial charge in [0.25, 0.3) is 0 Å². The van der Waals surface area contributed by atoms with Crippen molar-refractivity contribution in [2.75, 3.05) is 0 Å². The maximum absolute atomic E-state index is 6.17. The zero-order valence-corrected chi connectivity index (χ0v) is 13.2. The maximum atomic E-state index is 6.17. The predicted octanol–water partition coefficient (Wildman–Crippen LogP) is 6.33. The van der Waals surface area contributed by atoms with Crippen molar-refractivity contribution < 1.29 is 4.42 Å². The van der Waals surface area contributed by atoms with Crippen LogP contribution in [0.4, 0.5) is 0 Å². The van der Waals surface area contributed by atoms with Gasteiger partial charge >= 0.3 is 0 Å². The van der Waals surface area contributed by atoms with Crippen LogP contribution in [0.25, 0.3) is 32.7 Å². The second-order valence-electron chi connectivity index (χ2n) is 6.26. The van der Waals surface area contributed by atoms with Gasteiger partial charge in [0.15, 0.2) is 0 Å². The third-order valence-corrected chi connectivity index (χ3v) is 4.68. The van der Waals surface area contributed by atoms with Gasteiger partial charge in [-0.15, -0.1) is 0 Å². The standard InChI is InChI=1S/C23H16O/c1-2-6-16(7-3-1)14-17-10-13-22-21(15-17)20-12-11-18-8-4-5-9-19(18)23(20)24-22/h1-13,15H,14H2. The van der Waals surface area contributed by atoms with Crippen LogP contribution in [0.5, 0.6) is 0 Å². The molecule has 1 nitrogen and oxygen atoms in total. The number of hydrogen-bond donors (Lipinski definition) is 0. The Bertz CT molecular complexity index is 1170. The fourth-order valence-corrected chi connectivity index (χ4v) is 3.49. The molecule has 0 atom stereocenters. The average molecular weight is 308 g/mol. The lowest BCUT2D eigenvalue weighted by Gasteiger charge is -2.02. The highest BCUT2D eigenvalue weighted by atomic mass is 16.3. The van der Waals surface area contributed by atoms with Crippen molar-refractivity contribution in [3.05, 3.63) is 96.1 Å². The molecule has 0 aliphatic rings. The highest BCUT2D eigenvalue weighted by Gasteiger charge is 2.10. The topological polar surface area (TPSA) is 13.1 Å². The maximum Gasteiger partial charge on any atom is 0.143 e. The Kier molecular flexibility index (Phi) is 2.92. The van der Waals surface area contributed by atoms with Gasteiger partial charge in [-0.3, -0.25) is 0 Å². The molecule has 5 aromatic rings. The van der Waals surface area contributed by atoms with Crippen LogP contribution in [0.1, 0.15) is 11.1 Å². The van der Waals surface area contributed by atoms with E-state index in [1.165, 1.54) is 32.7 Å². The Morgan fingerprint density at radius 3 is 2.33 bits per heavy atom. The lowest BCUT2D eigenvalue weighted by Crippen LogP contribution is -1.86. The second kappa shape index (κ2) is 5.24. The molecule has 4 aromatic carbocycles. The van der Waals surface area contributed by atoms with Crippen molar-refractivity contribution in [3.8, 4) is 0 Å². The van der Waals surface area contributed by atoms with Crippen LogP contribution < -0.4 is 0 Å². The van der Waals surface area contributed by atoms with Gasteiger partial charge in [0.2, 0.25) is 0 Å². The summed E-state index contributed by atoms with van der Waals surface area (Å²) in [4.78, 5) is 0. The molecule has 0 fully saturated rings. The normalized spacial score (nSPS) is 11.5. The molecule has 24 heavy (non-hydrogen) atoms. The van der Waals surface area contributed by atoms with Gasteiger partial charge in [0.1, 0.15) is 11.2 Å². The van der Waals surface area contributed by atoms with Crippen molar-refractivity contribution in [3.63, 3.8) is 0 Å². The molecule has 114 valence electrons. The first-order chi connectivity index (χ1) is 11.9. The molecule has 1 heteroatoms. The van der Waals surface area contributed by atoms with Crippen LogP contribution in [-0.4, -0.2) is 0 Å². The third-order valence-electron chi connectivity index (χ3n) is 4.68. The zero-order chi connectivity index (χ0) is 15.9. The highest BCUT2D eigenvalue weighted by molar-refractivity contribution is 6.15. The van der Waals surface area contributed by atoms with Crippen LogP contribution in [0.3, 0.4) is 0 Å². The molecular weight excluding hydrogens is 292 g/mol. The molecular formula is C23H16O. The first-order valence-corrected chi connectivity index (χ1v) is 8.25. The molecule has 0 aliphatic heterocycles. The summed E-state index contributed by atoms with van der Waals surface area (Å²) >= 11 is 0. The Morgan fingerprint density at radius 1 is 0.583 bits per heavy atom. The molecule has 0 N–H and O–H groups in total. The molecule has 5 rings (SSSR count). The number of rotatable bonds is 2. The lowest BCUT2D eigenvalue weighted by atomic mass is 10.0. The Morgan fingerprint density at radius 2 is 1.42 bits per heavy atom. The second-order valence-corrected chi connectivity index (χ2v) is 6.26. The molecule has 0 unspecified atom stereocenters. The largest absolute Gasteiger partial charge is 0.455 e. The van der Waals surface area contributed by atoms with E-state index in [0.29, 0.717) is 0 Å². The summed E-state index contributed by atoms with van der Waals surface area (Å²) in [6, 6.07) is 29.9. The molecule has 0 aliphatic carbocycles. The molecule has 1 heterocycles. The molecule has 0 spiro atoms. The summed E-state index contributed by atoms with van der Waals surface area (Å²) in [7, 11) is 0. The first kappa shape index (κ1) is 13.4. The minimum Gasteiger partial charge on any atom is -0.455 e. The van der Waals surface area contributed by atoms with Gasteiger partial charge in [-0.2, -0.15) is 0 Å². The van der Waals surface area contributed by atoms with Gasteiger partial charge in [-0.05, 0) is 41.1 Å². The smallest absolute Gasteiger partial charge is 0.143 e. The molecule has 0 bridgehead atoms. The number of furan rings is 1. The van der Waals surface area contributed by atoms with Gasteiger partial charge in [-0.1, -0.05) is 66.7 Å². The third kappa shape index (κ3) is 2.10. The van der Waals surface area contributed by atoms with Crippen molar-refractivity contribution in [1.29, 1.82) is 0 Å². The van der Waals surface area contributed by atoms with Crippen molar-refractivity contribution in [1.82, 2.24) is 0 Å². The lowest BCUT2D eigenvalue weighted by molar-refractivity contribution is 0.672. The number of fused-ring (bicyclic) bond motifs is 5. The minimum absolute atomic E-state index is 0.942. The summed E-state index contributed by atoms with van der Waals surface area (Å²) in [5, 5.41) is 4.78. The minimum atomic E-state index is 0.942. The van der Waals surface area contributed by atoms with Gasteiger partial charge in [0, 0.05) is 16.2 Å². The van der Waals surface area contributed by atoms with Crippen LogP contribution in [0, 0.1) is 0 Å². The van der Waals surface area contributed by atoms with E-state index in [0.717, 1.165) is 17.6 Å². The van der Waals surface area contributed by atoms with E-state index in [1.807, 2.05) is 0 Å². The fourth-order valence-electron chi connectivity index (χ4n) is 3.49. The van der Waals surface area contributed by atoms with E-state index in [2.05, 4.69) is 84.9 Å². The van der Waals surface area contributed by atoms with Gasteiger partial charge < -0.3 is 4.42 Å². The van der Waals surface area contributed by atoms with Crippen LogP contribution in [0.2, 0.25) is 0 Å². The monoisotopic (exact) mass is 308 g/mol. The van der Waals surface area contributed by atoms with Gasteiger partial charge in [-0.25, -0.2) is 0 Å². The van der Waals surface area contributed by atoms with E-state index in [1.54, 1.807) is 0 Å². The van der Waals surface area contributed by atoms with Crippen LogP contribution >= 0.6 is 0 Å². The summed E-state index contributed by atoms with van der Waals surface area (Å²) < 4.78 is 6.17. The van der Waals surface area contributed by atoms with Crippen molar-refractivity contribution in [2.45, 2.75) is 6.42 Å². The number of hydrogen-bond acceptors (Lipinski definition) is 1. The highest BCUT2D eigenvalue weighted by Crippen LogP contribution is 2.34. The average Bonchev–Trinajstić information content (AvgIpc) is 3.01. The Hall–Kier alpha value is -3.06. The van der Waals surface area contributed by atoms with E-state index in [9.17, 15) is 0 Å². The van der Waals surface area contributed by atoms with Crippen LogP contribution in [0.15, 0.2) is 89.3 Å². The molecule has 1 aromatic heterocycles. The van der Waals surface area contributed by atoms with E-state index < -0.39 is 0 Å². The SMILES string of the molecule is c1ccc(Cc2ccc3oc4c5ccccc5ccc4c3c2)cc1. The van der Waals surface area contributed by atoms with Crippen LogP contribution in [-0.2, 0) is 6.42 Å². The quantitative estimate of drug-likeness (QED) is 0.371. The number of benzene rings is 4. The Labute approximate surface area is 140 Å². The molecule has 0 saturated heterocycles. The zero-order valence-electron chi connectivity index (χ0n) is 13.2. The Balaban J connectivity index is 1.71. The van der Waals surface area contributed by atoms with E-state index in [-0.39, 0.29) is 0 Å². The summed E-state index contributed by atoms with van der Waals surface area (Å²) in [6.07, 6.45) is 0.942. The fraction of sp³-hybridized carbons (Fsp3) is 0.0435. The summed E-state index contributed by atoms with van der Waals surface area (Å²) in [5.41, 5.74) is 4.58. The summed E-state index contributed by atoms with van der Waals surface area (Å²) in [6.45, 7) is 0.